The zero-order valence-corrected chi connectivity index (χ0v) is 17.6. The lowest BCUT2D eigenvalue weighted by Gasteiger charge is -2.10. The van der Waals surface area contributed by atoms with Crippen molar-refractivity contribution in [2.75, 3.05) is 25.6 Å². The molecule has 0 fully saturated rings. The highest BCUT2D eigenvalue weighted by atomic mass is 32.1. The molecule has 0 spiro atoms. The Hall–Kier alpha value is -3.56. The van der Waals surface area contributed by atoms with Gasteiger partial charge >= 0.3 is 0 Å². The van der Waals surface area contributed by atoms with E-state index in [2.05, 4.69) is 10.3 Å². The number of hydrogen-bond donors (Lipinski definition) is 1. The Bertz CT molecular complexity index is 1070. The maximum atomic E-state index is 12.7. The number of carbonyl (C=O) groups excluding carboxylic acids is 1. The van der Waals surface area contributed by atoms with Crippen LogP contribution in [0.4, 0.5) is 10.8 Å². The molecule has 0 bridgehead atoms. The first-order chi connectivity index (χ1) is 15.0. The van der Waals surface area contributed by atoms with Gasteiger partial charge < -0.3 is 9.47 Å². The monoisotopic (exact) mass is 439 g/mol. The number of carbonyl (C=O) groups is 1. The lowest BCUT2D eigenvalue weighted by Crippen LogP contribution is -2.12. The van der Waals surface area contributed by atoms with Gasteiger partial charge in [0.05, 0.1) is 11.5 Å². The lowest BCUT2D eigenvalue weighted by atomic mass is 10.1. The van der Waals surface area contributed by atoms with Crippen molar-refractivity contribution in [3.8, 4) is 5.75 Å². The Morgan fingerprint density at radius 2 is 2.03 bits per heavy atom. The minimum absolute atomic E-state index is 0.0147. The van der Waals surface area contributed by atoms with Crippen LogP contribution in [0, 0.1) is 10.1 Å². The lowest BCUT2D eigenvalue weighted by molar-refractivity contribution is -0.384. The minimum Gasteiger partial charge on any atom is -0.493 e. The van der Waals surface area contributed by atoms with Crippen LogP contribution in [0.5, 0.6) is 5.75 Å². The van der Waals surface area contributed by atoms with Gasteiger partial charge in [0, 0.05) is 49.4 Å². The van der Waals surface area contributed by atoms with Crippen LogP contribution in [0.1, 0.15) is 27.9 Å². The first-order valence-corrected chi connectivity index (χ1v) is 10.3. The van der Waals surface area contributed by atoms with Crippen LogP contribution in [-0.2, 0) is 4.74 Å². The summed E-state index contributed by atoms with van der Waals surface area (Å²) < 4.78 is 10.8. The van der Waals surface area contributed by atoms with Crippen LogP contribution in [0.2, 0.25) is 0 Å². The number of nitrogens with zero attached hydrogens (tertiary/aromatic N) is 2. The summed E-state index contributed by atoms with van der Waals surface area (Å²) in [6.45, 7) is 1.02. The molecule has 0 unspecified atom stereocenters. The average molecular weight is 439 g/mol. The van der Waals surface area contributed by atoms with Gasteiger partial charge in [0.1, 0.15) is 5.75 Å². The Kier molecular flexibility index (Phi) is 7.85. The minimum atomic E-state index is -0.438. The molecule has 0 saturated heterocycles. The first-order valence-electron chi connectivity index (χ1n) is 9.45. The molecule has 0 aliphatic heterocycles. The number of non-ortho nitro benzene ring substituents is 1. The van der Waals surface area contributed by atoms with E-state index >= 15 is 0 Å². The van der Waals surface area contributed by atoms with Crippen molar-refractivity contribution in [3.05, 3.63) is 80.8 Å². The third-order valence-electron chi connectivity index (χ3n) is 4.15. The largest absolute Gasteiger partial charge is 0.493 e. The van der Waals surface area contributed by atoms with E-state index in [-0.39, 0.29) is 11.6 Å². The number of nitrogens with one attached hydrogen (secondary N) is 1. The van der Waals surface area contributed by atoms with Gasteiger partial charge in [0.25, 0.3) is 11.6 Å². The van der Waals surface area contributed by atoms with Crippen LogP contribution >= 0.6 is 11.3 Å². The number of amides is 1. The standard InChI is InChI=1S/C22H21N3O5S/c1-29-9-3-10-30-20-14-17(7-6-16-4-2-5-19(13-16)25(27)28)12-18(15-20)21(26)24-22-23-8-11-31-22/h2,4-8,11-15H,3,9-10H2,1H3,(H,23,24,26)/b7-6+. The second kappa shape index (κ2) is 11.0. The number of aromatic nitrogens is 1. The van der Waals surface area contributed by atoms with E-state index < -0.39 is 4.92 Å². The van der Waals surface area contributed by atoms with Gasteiger partial charge in [0.2, 0.25) is 0 Å². The number of ether oxygens (including phenoxy) is 2. The third-order valence-corrected chi connectivity index (χ3v) is 4.84. The fourth-order valence-electron chi connectivity index (χ4n) is 2.71. The van der Waals surface area contributed by atoms with Crippen LogP contribution < -0.4 is 10.1 Å². The van der Waals surface area contributed by atoms with Crippen LogP contribution in [-0.4, -0.2) is 36.1 Å². The Labute approximate surface area is 183 Å². The summed E-state index contributed by atoms with van der Waals surface area (Å²) >= 11 is 1.33. The van der Waals surface area contributed by atoms with Crippen LogP contribution in [0.25, 0.3) is 12.2 Å². The normalized spacial score (nSPS) is 10.9. The quantitative estimate of drug-likeness (QED) is 0.209. The molecule has 3 aromatic rings. The SMILES string of the molecule is COCCCOc1cc(/C=C/c2cccc([N+](=O)[O-])c2)cc(C(=O)Nc2nccs2)c1. The smallest absolute Gasteiger partial charge is 0.270 e. The molecule has 9 heteroatoms. The molecule has 0 aliphatic rings. The number of rotatable bonds is 10. The Morgan fingerprint density at radius 1 is 1.19 bits per heavy atom. The summed E-state index contributed by atoms with van der Waals surface area (Å²) in [6.07, 6.45) is 5.86. The average Bonchev–Trinajstić information content (AvgIpc) is 3.28. The van der Waals surface area contributed by atoms with Crippen LogP contribution in [0.15, 0.2) is 54.0 Å². The molecule has 2 aromatic carbocycles. The highest BCUT2D eigenvalue weighted by molar-refractivity contribution is 7.13. The molecule has 1 aromatic heterocycles. The Balaban J connectivity index is 1.84. The molecule has 0 saturated carbocycles. The van der Waals surface area contributed by atoms with Gasteiger partial charge in [-0.1, -0.05) is 24.3 Å². The number of nitro benzene ring substituents is 1. The molecule has 3 rings (SSSR count). The summed E-state index contributed by atoms with van der Waals surface area (Å²) in [7, 11) is 1.63. The molecule has 1 heterocycles. The van der Waals surface area contributed by atoms with Gasteiger partial charge in [-0.25, -0.2) is 4.98 Å². The van der Waals surface area contributed by atoms with E-state index in [4.69, 9.17) is 9.47 Å². The van der Waals surface area contributed by atoms with E-state index in [9.17, 15) is 14.9 Å². The molecular weight excluding hydrogens is 418 g/mol. The van der Waals surface area contributed by atoms with Gasteiger partial charge in [0.15, 0.2) is 5.13 Å². The summed E-state index contributed by atoms with van der Waals surface area (Å²) in [6, 6.07) is 11.5. The number of benzene rings is 2. The number of hydrogen-bond acceptors (Lipinski definition) is 7. The second-order valence-corrected chi connectivity index (χ2v) is 7.36. The molecule has 160 valence electrons. The number of anilines is 1. The van der Waals surface area contributed by atoms with E-state index in [1.165, 1.54) is 23.5 Å². The summed E-state index contributed by atoms with van der Waals surface area (Å²) in [5, 5.41) is 16.0. The van der Waals surface area contributed by atoms with E-state index in [0.717, 1.165) is 5.56 Å². The zero-order chi connectivity index (χ0) is 22.1. The molecule has 31 heavy (non-hydrogen) atoms. The maximum absolute atomic E-state index is 12.7. The van der Waals surface area contributed by atoms with Gasteiger partial charge in [-0.15, -0.1) is 11.3 Å². The predicted molar refractivity (Wildman–Crippen MR) is 121 cm³/mol. The number of thiazole rings is 1. The predicted octanol–water partition coefficient (Wildman–Crippen LogP) is 4.89. The van der Waals surface area contributed by atoms with Gasteiger partial charge in [-0.2, -0.15) is 0 Å². The van der Waals surface area contributed by atoms with E-state index in [1.54, 1.807) is 61.2 Å². The van der Waals surface area contributed by atoms with Crippen molar-refractivity contribution in [3.63, 3.8) is 0 Å². The van der Waals surface area contributed by atoms with Crippen molar-refractivity contribution in [1.82, 2.24) is 4.98 Å². The molecule has 0 radical (unpaired) electrons. The van der Waals surface area contributed by atoms with Gasteiger partial charge in [-0.3, -0.25) is 20.2 Å². The molecule has 1 N–H and O–H groups in total. The zero-order valence-electron chi connectivity index (χ0n) is 16.8. The van der Waals surface area contributed by atoms with Gasteiger partial charge in [-0.05, 0) is 29.3 Å². The fourth-order valence-corrected chi connectivity index (χ4v) is 3.24. The van der Waals surface area contributed by atoms with Crippen LogP contribution in [0.3, 0.4) is 0 Å². The van der Waals surface area contributed by atoms with E-state index in [1.807, 2.05) is 0 Å². The van der Waals surface area contributed by atoms with Crippen molar-refractivity contribution in [2.24, 2.45) is 0 Å². The second-order valence-electron chi connectivity index (χ2n) is 6.46. The van der Waals surface area contributed by atoms with Crippen molar-refractivity contribution >= 4 is 40.2 Å². The summed E-state index contributed by atoms with van der Waals surface area (Å²) in [4.78, 5) is 27.3. The summed E-state index contributed by atoms with van der Waals surface area (Å²) in [5.41, 5.74) is 1.83. The summed E-state index contributed by atoms with van der Waals surface area (Å²) in [5.74, 6) is 0.240. The fraction of sp³-hybridized carbons (Fsp3) is 0.182. The highest BCUT2D eigenvalue weighted by Crippen LogP contribution is 2.22. The maximum Gasteiger partial charge on any atom is 0.270 e. The highest BCUT2D eigenvalue weighted by Gasteiger charge is 2.11. The van der Waals surface area contributed by atoms with Crippen molar-refractivity contribution in [2.45, 2.75) is 6.42 Å². The molecule has 1 amide bonds. The number of methoxy groups -OCH3 is 1. The van der Waals surface area contributed by atoms with Crippen molar-refractivity contribution in [1.29, 1.82) is 0 Å². The van der Waals surface area contributed by atoms with E-state index in [0.29, 0.717) is 41.6 Å². The first kappa shape index (κ1) is 22.1. The topological polar surface area (TPSA) is 104 Å². The Morgan fingerprint density at radius 3 is 2.77 bits per heavy atom. The molecular formula is C22H21N3O5S. The van der Waals surface area contributed by atoms with Crippen molar-refractivity contribution < 1.29 is 19.2 Å². The molecule has 0 atom stereocenters. The molecule has 0 aliphatic carbocycles. The number of nitro groups is 1. The molecule has 8 nitrogen and oxygen atoms in total. The third kappa shape index (κ3) is 6.73.